The first-order valence-corrected chi connectivity index (χ1v) is 4.45. The van der Waals surface area contributed by atoms with E-state index in [1.54, 1.807) is 25.1 Å². The second-order valence-corrected chi connectivity index (χ2v) is 2.89. The molecule has 15 heavy (non-hydrogen) atoms. The molecule has 2 atom stereocenters. The molecule has 0 aliphatic rings. The maximum Gasteiger partial charge on any atom is 0.216 e. The third-order valence-corrected chi connectivity index (χ3v) is 1.50. The summed E-state index contributed by atoms with van der Waals surface area (Å²) in [6, 6.07) is 6.78. The fourth-order valence-corrected chi connectivity index (χ4v) is 0.920. The Morgan fingerprint density at radius 2 is 2.27 bits per heavy atom. The normalized spacial score (nSPS) is 19.9. The van der Waals surface area contributed by atoms with Gasteiger partial charge in [-0.15, -0.1) is 0 Å². The topological polar surface area (TPSA) is 76.8 Å². The van der Waals surface area contributed by atoms with Crippen molar-refractivity contribution in [2.45, 2.75) is 13.3 Å². The maximum absolute atomic E-state index is 7.88. The zero-order valence-electron chi connectivity index (χ0n) is 11.5. The monoisotopic (exact) mass is 207 g/mol. The van der Waals surface area contributed by atoms with Crippen LogP contribution in [0.1, 0.15) is 16.6 Å². The number of hydrogen-bond acceptors (Lipinski definition) is 1. The van der Waals surface area contributed by atoms with Crippen molar-refractivity contribution < 1.29 is 4.11 Å². The van der Waals surface area contributed by atoms with Crippen LogP contribution in [-0.4, -0.2) is 18.3 Å². The number of rotatable bonds is 3. The number of aliphatic imine (C=N–C) groups is 2. The van der Waals surface area contributed by atoms with Crippen molar-refractivity contribution in [3.8, 4) is 0 Å². The van der Waals surface area contributed by atoms with E-state index in [0.717, 1.165) is 0 Å². The molecule has 0 saturated carbocycles. The van der Waals surface area contributed by atoms with Crippen LogP contribution in [-0.2, 0) is 6.40 Å². The number of aryl methyl sites for hydroxylation is 1. The van der Waals surface area contributed by atoms with Gasteiger partial charge in [-0.3, -0.25) is 4.99 Å². The number of benzene rings is 1. The molecule has 1 aromatic rings. The summed E-state index contributed by atoms with van der Waals surface area (Å²) in [7, 11) is 0. The van der Waals surface area contributed by atoms with Crippen molar-refractivity contribution in [1.29, 1.82) is 0 Å². The van der Waals surface area contributed by atoms with Gasteiger partial charge in [-0.05, 0) is 18.9 Å². The molecule has 0 spiro atoms. The smallest absolute Gasteiger partial charge is 0.216 e. The fourth-order valence-electron chi connectivity index (χ4n) is 0.920. The Balaban J connectivity index is 2.84. The molecule has 0 aliphatic carbocycles. The van der Waals surface area contributed by atoms with Crippen LogP contribution in [0.15, 0.2) is 40.3 Å². The van der Waals surface area contributed by atoms with Crippen molar-refractivity contribution in [3.05, 3.63) is 35.9 Å². The molecule has 0 amide bonds. The highest BCUT2D eigenvalue weighted by Crippen LogP contribution is 1.99. The molecule has 0 bridgehead atoms. The molecule has 80 valence electrons. The quantitative estimate of drug-likeness (QED) is 0.571. The van der Waals surface area contributed by atoms with Crippen molar-refractivity contribution in [2.24, 2.45) is 21.5 Å². The van der Waals surface area contributed by atoms with Gasteiger partial charge in [0.1, 0.15) is 0 Å². The van der Waals surface area contributed by atoms with E-state index in [1.807, 2.05) is 0 Å². The molecule has 0 saturated heterocycles. The van der Waals surface area contributed by atoms with E-state index in [2.05, 4.69) is 9.98 Å². The van der Waals surface area contributed by atoms with Crippen LogP contribution in [0, 0.1) is 0 Å². The first-order valence-electron chi connectivity index (χ1n) is 6.10. The molecular weight excluding hydrogens is 188 g/mol. The lowest BCUT2D eigenvalue weighted by Gasteiger charge is -1.97. The average Bonchev–Trinajstić information content (AvgIpc) is 2.26. The summed E-state index contributed by atoms with van der Waals surface area (Å²) in [5, 5.41) is 0. The second-order valence-electron chi connectivity index (χ2n) is 2.89. The van der Waals surface area contributed by atoms with E-state index in [4.69, 9.17) is 15.6 Å². The summed E-state index contributed by atoms with van der Waals surface area (Å²) in [5.41, 5.74) is 11.3. The van der Waals surface area contributed by atoms with Gasteiger partial charge in [0, 0.05) is 7.89 Å². The predicted octanol–water partition coefficient (Wildman–Crippen LogP) is 0.921. The van der Waals surface area contributed by atoms with E-state index < -0.39 is 12.9 Å². The second kappa shape index (κ2) is 5.80. The lowest BCUT2D eigenvalue weighted by atomic mass is 10.2. The standard InChI is InChI=1S/C11H16N4/c1-9(12)15-11(13)14-8-7-10-5-3-2-4-6-10/h2-6H,7-8H2,1H3,(H4,12,13,14,15)/i3D,7D,8D. The van der Waals surface area contributed by atoms with Crippen LogP contribution < -0.4 is 11.5 Å². The van der Waals surface area contributed by atoms with Gasteiger partial charge >= 0.3 is 0 Å². The zero-order chi connectivity index (χ0) is 13.7. The number of guanidine groups is 1. The third-order valence-electron chi connectivity index (χ3n) is 1.50. The van der Waals surface area contributed by atoms with E-state index in [0.29, 0.717) is 11.6 Å². The van der Waals surface area contributed by atoms with Crippen LogP contribution >= 0.6 is 0 Å². The Bertz CT molecular complexity index is 469. The van der Waals surface area contributed by atoms with Gasteiger partial charge in [0.2, 0.25) is 5.96 Å². The van der Waals surface area contributed by atoms with Crippen molar-refractivity contribution in [1.82, 2.24) is 0 Å². The van der Waals surface area contributed by atoms with Crippen LogP contribution in [0.25, 0.3) is 0 Å². The molecule has 2 unspecified atom stereocenters. The molecule has 4 nitrogen and oxygen atoms in total. The van der Waals surface area contributed by atoms with Crippen LogP contribution in [0.5, 0.6) is 0 Å². The SMILES string of the molecule is [2H]c1cccc(C([2H])C([2H])N=C(N)N=C(C)N)c1. The van der Waals surface area contributed by atoms with Gasteiger partial charge < -0.3 is 11.5 Å². The predicted molar refractivity (Wildman–Crippen MR) is 63.9 cm³/mol. The molecule has 4 heteroatoms. The number of nitrogens with two attached hydrogens (primary N) is 2. The minimum Gasteiger partial charge on any atom is -0.387 e. The minimum absolute atomic E-state index is 0.116. The zero-order valence-corrected chi connectivity index (χ0v) is 8.51. The van der Waals surface area contributed by atoms with Crippen molar-refractivity contribution >= 4 is 11.8 Å². The number of nitrogens with zero attached hydrogens (tertiary/aromatic N) is 2. The van der Waals surface area contributed by atoms with Crippen LogP contribution in [0.2, 0.25) is 0 Å². The third kappa shape index (κ3) is 4.81. The van der Waals surface area contributed by atoms with E-state index in [9.17, 15) is 0 Å². The van der Waals surface area contributed by atoms with Crippen LogP contribution in [0.3, 0.4) is 0 Å². The Morgan fingerprint density at radius 1 is 1.47 bits per heavy atom. The highest BCUT2D eigenvalue weighted by molar-refractivity contribution is 5.93. The molecular formula is C11H16N4. The first-order chi connectivity index (χ1) is 8.40. The summed E-state index contributed by atoms with van der Waals surface area (Å²) in [5.74, 6) is 0.132. The van der Waals surface area contributed by atoms with E-state index >= 15 is 0 Å². The highest BCUT2D eigenvalue weighted by atomic mass is 15.1. The first kappa shape index (κ1) is 7.45. The Hall–Kier alpha value is -1.84. The molecule has 1 rings (SSSR count). The number of amidine groups is 1. The van der Waals surface area contributed by atoms with Gasteiger partial charge in [0.05, 0.1) is 8.58 Å². The maximum atomic E-state index is 7.88. The van der Waals surface area contributed by atoms with Gasteiger partial charge in [-0.25, -0.2) is 4.99 Å². The summed E-state index contributed by atoms with van der Waals surface area (Å²) >= 11 is 0. The van der Waals surface area contributed by atoms with Crippen LogP contribution in [0.4, 0.5) is 0 Å². The van der Waals surface area contributed by atoms with E-state index in [1.165, 1.54) is 6.07 Å². The Labute approximate surface area is 93.9 Å². The molecule has 4 N–H and O–H groups in total. The van der Waals surface area contributed by atoms with Gasteiger partial charge in [0.15, 0.2) is 0 Å². The molecule has 0 fully saturated rings. The highest BCUT2D eigenvalue weighted by Gasteiger charge is 1.91. The summed E-state index contributed by atoms with van der Waals surface area (Å²) in [4.78, 5) is 7.46. The fraction of sp³-hybridized carbons (Fsp3) is 0.273. The van der Waals surface area contributed by atoms with Crippen molar-refractivity contribution in [2.75, 3.05) is 6.52 Å². The van der Waals surface area contributed by atoms with Gasteiger partial charge in [0.25, 0.3) is 0 Å². The number of hydrogen-bond donors (Lipinski definition) is 2. The average molecular weight is 207 g/mol. The van der Waals surface area contributed by atoms with E-state index in [-0.39, 0.29) is 11.8 Å². The molecule has 0 radical (unpaired) electrons. The van der Waals surface area contributed by atoms with Crippen molar-refractivity contribution in [3.63, 3.8) is 0 Å². The lowest BCUT2D eigenvalue weighted by molar-refractivity contribution is 0.962. The van der Waals surface area contributed by atoms with Gasteiger partial charge in [-0.2, -0.15) is 0 Å². The summed E-state index contributed by atoms with van der Waals surface area (Å²) < 4.78 is 23.1. The minimum atomic E-state index is -1.10. The largest absolute Gasteiger partial charge is 0.387 e. The Morgan fingerprint density at radius 3 is 2.93 bits per heavy atom. The molecule has 0 heterocycles. The summed E-state index contributed by atoms with van der Waals surface area (Å²) in [6.07, 6.45) is -0.915. The lowest BCUT2D eigenvalue weighted by Crippen LogP contribution is -2.16. The van der Waals surface area contributed by atoms with Gasteiger partial charge in [-0.1, -0.05) is 30.3 Å². The molecule has 0 aliphatic heterocycles. The molecule has 1 aromatic carbocycles. The Kier molecular flexibility index (Phi) is 2.88. The molecule has 0 aromatic heterocycles. The summed E-state index contributed by atoms with van der Waals surface area (Å²) in [6.45, 7) is 0.457.